The minimum Gasteiger partial charge on any atom is -0.350 e. The van der Waals surface area contributed by atoms with Crippen LogP contribution in [-0.4, -0.2) is 23.3 Å². The molecule has 0 atom stereocenters. The highest BCUT2D eigenvalue weighted by Crippen LogP contribution is 2.16. The van der Waals surface area contributed by atoms with E-state index in [2.05, 4.69) is 10.3 Å². The molecule has 23 heavy (non-hydrogen) atoms. The number of carbonyl (C=O) groups excluding carboxylic acids is 2. The summed E-state index contributed by atoms with van der Waals surface area (Å²) in [6, 6.07) is 13.2. The van der Waals surface area contributed by atoms with Gasteiger partial charge in [0, 0.05) is 18.4 Å². The molecule has 0 saturated carbocycles. The summed E-state index contributed by atoms with van der Waals surface area (Å²) in [6.07, 6.45) is 1.50. The van der Waals surface area contributed by atoms with Gasteiger partial charge in [0.2, 0.25) is 11.8 Å². The number of carbonyl (C=O) groups is 2. The van der Waals surface area contributed by atoms with Gasteiger partial charge in [0.25, 0.3) is 0 Å². The number of rotatable bonds is 6. The molecule has 1 N–H and O–H groups in total. The van der Waals surface area contributed by atoms with Crippen LogP contribution in [0.2, 0.25) is 0 Å². The average Bonchev–Trinajstić information content (AvgIpc) is 2.55. The first kappa shape index (κ1) is 16.7. The molecule has 0 aliphatic heterocycles. The second-order valence-corrected chi connectivity index (χ2v) is 5.25. The van der Waals surface area contributed by atoms with Crippen molar-refractivity contribution in [1.29, 1.82) is 0 Å². The minimum absolute atomic E-state index is 0.172. The van der Waals surface area contributed by atoms with E-state index in [0.29, 0.717) is 13.1 Å². The number of nitrogens with one attached hydrogen (secondary N) is 1. The highest BCUT2D eigenvalue weighted by molar-refractivity contribution is 6.04. The van der Waals surface area contributed by atoms with Gasteiger partial charge >= 0.3 is 0 Å². The van der Waals surface area contributed by atoms with Crippen LogP contribution in [-0.2, 0) is 16.1 Å². The van der Waals surface area contributed by atoms with Crippen molar-refractivity contribution in [3.05, 3.63) is 59.9 Å². The molecular weight excluding hydrogens is 290 g/mol. The summed E-state index contributed by atoms with van der Waals surface area (Å²) in [7, 11) is 0. The third-order valence-corrected chi connectivity index (χ3v) is 3.44. The highest BCUT2D eigenvalue weighted by atomic mass is 16.2. The minimum atomic E-state index is -0.299. The van der Waals surface area contributed by atoms with Crippen molar-refractivity contribution in [2.24, 2.45) is 0 Å². The number of pyridine rings is 1. The zero-order valence-electron chi connectivity index (χ0n) is 13.5. The van der Waals surface area contributed by atoms with Gasteiger partial charge in [-0.25, -0.2) is 0 Å². The normalized spacial score (nSPS) is 10.2. The molecule has 0 fully saturated rings. The summed E-state index contributed by atoms with van der Waals surface area (Å²) >= 11 is 0. The third kappa shape index (κ3) is 4.92. The van der Waals surface area contributed by atoms with Crippen molar-refractivity contribution < 1.29 is 9.59 Å². The molecular formula is C18H21N3O2. The Hall–Kier alpha value is -2.69. The molecule has 2 rings (SSSR count). The molecule has 0 unspecified atom stereocenters. The van der Waals surface area contributed by atoms with Crippen molar-refractivity contribution >= 4 is 17.5 Å². The van der Waals surface area contributed by atoms with E-state index < -0.39 is 0 Å². The molecule has 0 aliphatic carbocycles. The Kier molecular flexibility index (Phi) is 5.86. The Labute approximate surface area is 136 Å². The van der Waals surface area contributed by atoms with Crippen LogP contribution in [0.3, 0.4) is 0 Å². The van der Waals surface area contributed by atoms with E-state index in [0.717, 1.165) is 16.9 Å². The Morgan fingerprint density at radius 2 is 2.00 bits per heavy atom. The van der Waals surface area contributed by atoms with Crippen LogP contribution in [0.15, 0.2) is 48.7 Å². The van der Waals surface area contributed by atoms with E-state index in [1.165, 1.54) is 0 Å². The van der Waals surface area contributed by atoms with E-state index in [1.54, 1.807) is 11.1 Å². The van der Waals surface area contributed by atoms with Gasteiger partial charge in [0.05, 0.1) is 12.2 Å². The van der Waals surface area contributed by atoms with Gasteiger partial charge in [0.15, 0.2) is 0 Å². The molecule has 0 saturated heterocycles. The maximum absolute atomic E-state index is 12.4. The molecule has 1 aromatic heterocycles. The van der Waals surface area contributed by atoms with E-state index in [9.17, 15) is 9.59 Å². The first-order valence-electron chi connectivity index (χ1n) is 7.63. The van der Waals surface area contributed by atoms with Crippen LogP contribution in [0.1, 0.15) is 24.6 Å². The van der Waals surface area contributed by atoms with Gasteiger partial charge in [0.1, 0.15) is 6.42 Å². The molecule has 0 bridgehead atoms. The smallest absolute Gasteiger partial charge is 0.236 e. The molecule has 2 aromatic rings. The fourth-order valence-corrected chi connectivity index (χ4v) is 2.29. The Morgan fingerprint density at radius 3 is 2.65 bits per heavy atom. The SMILES string of the molecule is CCN(C(=O)CC(=O)NCc1ccccn1)c1cccc(C)c1. The van der Waals surface area contributed by atoms with Crippen LogP contribution in [0.4, 0.5) is 5.69 Å². The van der Waals surface area contributed by atoms with E-state index >= 15 is 0 Å². The molecule has 2 amide bonds. The molecule has 0 aliphatic rings. The summed E-state index contributed by atoms with van der Waals surface area (Å²) < 4.78 is 0. The van der Waals surface area contributed by atoms with Crippen LogP contribution in [0, 0.1) is 6.92 Å². The number of nitrogens with zero attached hydrogens (tertiary/aromatic N) is 2. The number of amides is 2. The molecule has 0 radical (unpaired) electrons. The van der Waals surface area contributed by atoms with E-state index in [4.69, 9.17) is 0 Å². The Bertz CT molecular complexity index is 671. The number of benzene rings is 1. The largest absolute Gasteiger partial charge is 0.350 e. The second kappa shape index (κ2) is 8.08. The van der Waals surface area contributed by atoms with Crippen molar-refractivity contribution in [3.63, 3.8) is 0 Å². The standard InChI is InChI=1S/C18H21N3O2/c1-3-21(16-9-6-7-14(2)11-16)18(23)12-17(22)20-13-15-8-4-5-10-19-15/h4-11H,3,12-13H2,1-2H3,(H,20,22). The number of anilines is 1. The maximum atomic E-state index is 12.4. The topological polar surface area (TPSA) is 62.3 Å². The van der Waals surface area contributed by atoms with Gasteiger partial charge < -0.3 is 10.2 Å². The zero-order chi connectivity index (χ0) is 16.7. The summed E-state index contributed by atoms with van der Waals surface area (Å²) in [4.78, 5) is 30.1. The lowest BCUT2D eigenvalue weighted by atomic mass is 10.2. The van der Waals surface area contributed by atoms with Gasteiger partial charge in [-0.05, 0) is 43.7 Å². The van der Waals surface area contributed by atoms with Crippen LogP contribution in [0.25, 0.3) is 0 Å². The van der Waals surface area contributed by atoms with Crippen LogP contribution < -0.4 is 10.2 Å². The average molecular weight is 311 g/mol. The quantitative estimate of drug-likeness (QED) is 0.834. The predicted molar refractivity (Wildman–Crippen MR) is 89.9 cm³/mol. The number of aromatic nitrogens is 1. The van der Waals surface area contributed by atoms with Crippen molar-refractivity contribution in [3.8, 4) is 0 Å². The molecule has 5 nitrogen and oxygen atoms in total. The Morgan fingerprint density at radius 1 is 1.17 bits per heavy atom. The van der Waals surface area contributed by atoms with Crippen molar-refractivity contribution in [2.45, 2.75) is 26.8 Å². The van der Waals surface area contributed by atoms with Crippen LogP contribution >= 0.6 is 0 Å². The number of hydrogen-bond acceptors (Lipinski definition) is 3. The summed E-state index contributed by atoms with van der Waals surface area (Å²) in [5.41, 5.74) is 2.66. The fraction of sp³-hybridized carbons (Fsp3) is 0.278. The third-order valence-electron chi connectivity index (χ3n) is 3.44. The monoisotopic (exact) mass is 311 g/mol. The molecule has 1 heterocycles. The molecule has 120 valence electrons. The number of aryl methyl sites for hydroxylation is 1. The fourth-order valence-electron chi connectivity index (χ4n) is 2.29. The molecule has 1 aromatic carbocycles. The van der Waals surface area contributed by atoms with E-state index in [1.807, 2.05) is 56.3 Å². The predicted octanol–water partition coefficient (Wildman–Crippen LogP) is 2.45. The molecule has 5 heteroatoms. The highest BCUT2D eigenvalue weighted by Gasteiger charge is 2.17. The van der Waals surface area contributed by atoms with Gasteiger partial charge in [-0.15, -0.1) is 0 Å². The summed E-state index contributed by atoms with van der Waals surface area (Å²) in [6.45, 7) is 4.72. The van der Waals surface area contributed by atoms with E-state index in [-0.39, 0.29) is 18.2 Å². The van der Waals surface area contributed by atoms with Crippen molar-refractivity contribution in [1.82, 2.24) is 10.3 Å². The second-order valence-electron chi connectivity index (χ2n) is 5.25. The molecule has 0 spiro atoms. The van der Waals surface area contributed by atoms with Gasteiger partial charge in [-0.1, -0.05) is 18.2 Å². The van der Waals surface area contributed by atoms with Gasteiger partial charge in [-0.2, -0.15) is 0 Å². The van der Waals surface area contributed by atoms with Gasteiger partial charge in [-0.3, -0.25) is 14.6 Å². The lowest BCUT2D eigenvalue weighted by molar-refractivity contribution is -0.128. The number of hydrogen-bond donors (Lipinski definition) is 1. The first-order chi connectivity index (χ1) is 11.1. The Balaban J connectivity index is 1.92. The lowest BCUT2D eigenvalue weighted by Crippen LogP contribution is -2.35. The van der Waals surface area contributed by atoms with Crippen LogP contribution in [0.5, 0.6) is 0 Å². The maximum Gasteiger partial charge on any atom is 0.236 e. The van der Waals surface area contributed by atoms with Crippen molar-refractivity contribution in [2.75, 3.05) is 11.4 Å². The first-order valence-corrected chi connectivity index (χ1v) is 7.63. The lowest BCUT2D eigenvalue weighted by Gasteiger charge is -2.21. The summed E-state index contributed by atoms with van der Waals surface area (Å²) in [5, 5.41) is 2.72. The summed E-state index contributed by atoms with van der Waals surface area (Å²) in [5.74, 6) is -0.511. The zero-order valence-corrected chi connectivity index (χ0v) is 13.5.